The first-order chi connectivity index (χ1) is 9.42. The minimum atomic E-state index is -3.78. The van der Waals surface area contributed by atoms with Crippen LogP contribution in [0.5, 0.6) is 0 Å². The molecular formula is C12H15ClN4O2S. The molecule has 0 fully saturated rings. The molecule has 0 spiro atoms. The molecule has 8 heteroatoms. The van der Waals surface area contributed by atoms with Gasteiger partial charge in [-0.2, -0.15) is 5.10 Å². The van der Waals surface area contributed by atoms with E-state index in [9.17, 15) is 8.42 Å². The van der Waals surface area contributed by atoms with E-state index in [1.807, 2.05) is 6.92 Å². The topological polar surface area (TPSA) is 90.0 Å². The molecule has 0 saturated carbocycles. The van der Waals surface area contributed by atoms with Gasteiger partial charge in [-0.15, -0.1) is 0 Å². The van der Waals surface area contributed by atoms with Gasteiger partial charge < -0.3 is 5.73 Å². The molecule has 0 radical (unpaired) electrons. The number of nitrogen functional groups attached to an aromatic ring is 1. The Morgan fingerprint density at radius 2 is 2.20 bits per heavy atom. The van der Waals surface area contributed by atoms with Gasteiger partial charge in [0.25, 0.3) is 10.0 Å². The van der Waals surface area contributed by atoms with Crippen molar-refractivity contribution in [2.45, 2.75) is 24.8 Å². The third-order valence-corrected chi connectivity index (χ3v) is 4.21. The predicted molar refractivity (Wildman–Crippen MR) is 79.2 cm³/mol. The summed E-state index contributed by atoms with van der Waals surface area (Å²) in [5, 5.41) is 4.42. The number of nitrogens with two attached hydrogens (primary N) is 1. The van der Waals surface area contributed by atoms with Crippen LogP contribution in [0.1, 0.15) is 13.3 Å². The van der Waals surface area contributed by atoms with Crippen molar-refractivity contribution in [3.05, 3.63) is 35.5 Å². The Bertz CT molecular complexity index is 712. The number of hydrogen-bond acceptors (Lipinski definition) is 4. The number of halogens is 1. The second-order valence-electron chi connectivity index (χ2n) is 4.26. The van der Waals surface area contributed by atoms with Gasteiger partial charge in [0, 0.05) is 17.8 Å². The fraction of sp³-hybridized carbons (Fsp3) is 0.250. The van der Waals surface area contributed by atoms with Gasteiger partial charge in [0.15, 0.2) is 5.82 Å². The molecule has 20 heavy (non-hydrogen) atoms. The smallest absolute Gasteiger partial charge is 0.267 e. The van der Waals surface area contributed by atoms with Crippen LogP contribution >= 0.6 is 11.6 Å². The Labute approximate surface area is 122 Å². The van der Waals surface area contributed by atoms with E-state index in [1.54, 1.807) is 18.2 Å². The van der Waals surface area contributed by atoms with E-state index in [0.717, 1.165) is 6.42 Å². The molecule has 108 valence electrons. The zero-order chi connectivity index (χ0) is 14.8. The number of aryl methyl sites for hydroxylation is 1. The summed E-state index contributed by atoms with van der Waals surface area (Å²) in [5.74, 6) is -0.0204. The number of hydrogen-bond donors (Lipinski definition) is 2. The third kappa shape index (κ3) is 3.23. The van der Waals surface area contributed by atoms with Crippen molar-refractivity contribution in [3.8, 4) is 0 Å². The molecule has 2 aromatic rings. The van der Waals surface area contributed by atoms with E-state index >= 15 is 0 Å². The Morgan fingerprint density at radius 3 is 2.85 bits per heavy atom. The van der Waals surface area contributed by atoms with Crippen LogP contribution in [0.25, 0.3) is 0 Å². The standard InChI is InChI=1S/C12H15ClN4O2S/c1-2-6-17-8-11(12(14)15-17)20(18,19)16-10-5-3-4-9(13)7-10/h3-5,7-8,16H,2,6H2,1H3,(H2,14,15). The molecule has 0 aliphatic rings. The van der Waals surface area contributed by atoms with Crippen LogP contribution < -0.4 is 10.5 Å². The summed E-state index contributed by atoms with van der Waals surface area (Å²) in [6, 6.07) is 6.44. The van der Waals surface area contributed by atoms with E-state index < -0.39 is 10.0 Å². The van der Waals surface area contributed by atoms with Gasteiger partial charge in [0.2, 0.25) is 0 Å². The van der Waals surface area contributed by atoms with Crippen LogP contribution in [0, 0.1) is 0 Å². The number of rotatable bonds is 5. The van der Waals surface area contributed by atoms with Crippen LogP contribution in [0.15, 0.2) is 35.4 Å². The lowest BCUT2D eigenvalue weighted by Crippen LogP contribution is -2.13. The number of anilines is 2. The van der Waals surface area contributed by atoms with E-state index in [1.165, 1.54) is 16.9 Å². The van der Waals surface area contributed by atoms with E-state index in [2.05, 4.69) is 9.82 Å². The number of sulfonamides is 1. The quantitative estimate of drug-likeness (QED) is 0.886. The average molecular weight is 315 g/mol. The van der Waals surface area contributed by atoms with Crippen molar-refractivity contribution in [1.82, 2.24) is 9.78 Å². The second-order valence-corrected chi connectivity index (χ2v) is 6.34. The van der Waals surface area contributed by atoms with Crippen molar-refractivity contribution in [1.29, 1.82) is 0 Å². The van der Waals surface area contributed by atoms with Crippen LogP contribution in [0.4, 0.5) is 11.5 Å². The minimum Gasteiger partial charge on any atom is -0.381 e. The molecule has 6 nitrogen and oxygen atoms in total. The fourth-order valence-electron chi connectivity index (χ4n) is 1.73. The number of nitrogens with zero attached hydrogens (tertiary/aromatic N) is 2. The molecule has 1 aromatic carbocycles. The van der Waals surface area contributed by atoms with Gasteiger partial charge in [-0.3, -0.25) is 9.40 Å². The monoisotopic (exact) mass is 314 g/mol. The molecule has 0 bridgehead atoms. The number of aromatic nitrogens is 2. The van der Waals surface area contributed by atoms with Gasteiger partial charge in [0.05, 0.1) is 5.69 Å². The van der Waals surface area contributed by atoms with Crippen LogP contribution in [-0.4, -0.2) is 18.2 Å². The van der Waals surface area contributed by atoms with Crippen LogP contribution in [0.3, 0.4) is 0 Å². The van der Waals surface area contributed by atoms with E-state index in [4.69, 9.17) is 17.3 Å². The highest BCUT2D eigenvalue weighted by atomic mass is 35.5. The highest BCUT2D eigenvalue weighted by Gasteiger charge is 2.21. The second kappa shape index (κ2) is 5.72. The van der Waals surface area contributed by atoms with Crippen LogP contribution in [0.2, 0.25) is 5.02 Å². The number of nitrogens with one attached hydrogen (secondary N) is 1. The maximum Gasteiger partial charge on any atom is 0.267 e. The van der Waals surface area contributed by atoms with Gasteiger partial charge in [-0.05, 0) is 24.6 Å². The summed E-state index contributed by atoms with van der Waals surface area (Å²) in [4.78, 5) is -0.0362. The largest absolute Gasteiger partial charge is 0.381 e. The van der Waals surface area contributed by atoms with Gasteiger partial charge >= 0.3 is 0 Å². The SMILES string of the molecule is CCCn1cc(S(=O)(=O)Nc2cccc(Cl)c2)c(N)n1. The zero-order valence-electron chi connectivity index (χ0n) is 10.9. The minimum absolute atomic E-state index is 0.0204. The summed E-state index contributed by atoms with van der Waals surface area (Å²) >= 11 is 5.82. The Balaban J connectivity index is 2.30. The Morgan fingerprint density at radius 1 is 1.45 bits per heavy atom. The summed E-state index contributed by atoms with van der Waals surface area (Å²) in [7, 11) is -3.78. The van der Waals surface area contributed by atoms with Gasteiger partial charge in [-0.25, -0.2) is 8.42 Å². The average Bonchev–Trinajstić information content (AvgIpc) is 2.71. The lowest BCUT2D eigenvalue weighted by molar-refractivity contribution is 0.595. The van der Waals surface area contributed by atoms with Gasteiger partial charge in [-0.1, -0.05) is 24.6 Å². The molecule has 0 aliphatic carbocycles. The lowest BCUT2D eigenvalue weighted by Gasteiger charge is -2.06. The third-order valence-electron chi connectivity index (χ3n) is 2.57. The first-order valence-corrected chi connectivity index (χ1v) is 7.90. The maximum atomic E-state index is 12.3. The summed E-state index contributed by atoms with van der Waals surface area (Å²) in [6.45, 7) is 2.58. The molecule has 0 unspecified atom stereocenters. The lowest BCUT2D eigenvalue weighted by atomic mass is 10.3. The summed E-state index contributed by atoms with van der Waals surface area (Å²) in [6.07, 6.45) is 2.26. The molecule has 1 heterocycles. The molecule has 0 atom stereocenters. The molecule has 2 rings (SSSR count). The Kier molecular flexibility index (Phi) is 4.20. The van der Waals surface area contributed by atoms with Gasteiger partial charge in [0.1, 0.15) is 4.90 Å². The predicted octanol–water partition coefficient (Wildman–Crippen LogP) is 2.33. The van der Waals surface area contributed by atoms with Crippen molar-refractivity contribution >= 4 is 33.1 Å². The molecule has 0 amide bonds. The number of benzene rings is 1. The first kappa shape index (κ1) is 14.7. The van der Waals surface area contributed by atoms with E-state index in [-0.39, 0.29) is 10.7 Å². The van der Waals surface area contributed by atoms with Crippen molar-refractivity contribution in [2.75, 3.05) is 10.5 Å². The van der Waals surface area contributed by atoms with Crippen molar-refractivity contribution in [3.63, 3.8) is 0 Å². The molecule has 0 aliphatic heterocycles. The molecular weight excluding hydrogens is 300 g/mol. The van der Waals surface area contributed by atoms with Crippen molar-refractivity contribution in [2.24, 2.45) is 0 Å². The van der Waals surface area contributed by atoms with E-state index in [0.29, 0.717) is 17.3 Å². The molecule has 3 N–H and O–H groups in total. The highest BCUT2D eigenvalue weighted by Crippen LogP contribution is 2.22. The molecule has 1 aromatic heterocycles. The van der Waals surface area contributed by atoms with Crippen LogP contribution in [-0.2, 0) is 16.6 Å². The Hall–Kier alpha value is -1.73. The zero-order valence-corrected chi connectivity index (χ0v) is 12.4. The first-order valence-electron chi connectivity index (χ1n) is 6.03. The fourth-order valence-corrected chi connectivity index (χ4v) is 3.04. The molecule has 0 saturated heterocycles. The van der Waals surface area contributed by atoms with Crippen molar-refractivity contribution < 1.29 is 8.42 Å². The summed E-state index contributed by atoms with van der Waals surface area (Å²) < 4.78 is 28.5. The normalized spacial score (nSPS) is 11.5. The summed E-state index contributed by atoms with van der Waals surface area (Å²) in [5.41, 5.74) is 6.04. The maximum absolute atomic E-state index is 12.3. The highest BCUT2D eigenvalue weighted by molar-refractivity contribution is 7.92.